The van der Waals surface area contributed by atoms with Gasteiger partial charge in [0.2, 0.25) is 0 Å². The molecule has 1 aliphatic rings. The smallest absolute Gasteiger partial charge is 0.282 e. The lowest BCUT2D eigenvalue weighted by molar-refractivity contribution is -0.385. The van der Waals surface area contributed by atoms with E-state index < -0.39 is 22.3 Å². The highest BCUT2D eigenvalue weighted by Gasteiger charge is 2.41. The van der Waals surface area contributed by atoms with E-state index in [4.69, 9.17) is 17.3 Å². The first-order chi connectivity index (χ1) is 13.3. The third-order valence-corrected chi connectivity index (χ3v) is 6.42. The van der Waals surface area contributed by atoms with Gasteiger partial charge in [-0.2, -0.15) is 0 Å². The maximum absolute atomic E-state index is 12.8. The lowest BCUT2D eigenvalue weighted by Gasteiger charge is -2.42. The van der Waals surface area contributed by atoms with Crippen molar-refractivity contribution < 1.29 is 14.5 Å². The summed E-state index contributed by atoms with van der Waals surface area (Å²) in [4.78, 5) is 36.6. The van der Waals surface area contributed by atoms with Crippen LogP contribution in [0.3, 0.4) is 0 Å². The Balaban J connectivity index is 2.09. The lowest BCUT2D eigenvalue weighted by Crippen LogP contribution is -2.55. The predicted molar refractivity (Wildman–Crippen MR) is 113 cm³/mol. The van der Waals surface area contributed by atoms with Crippen molar-refractivity contribution in [3.05, 3.63) is 54.9 Å². The molecule has 0 saturated carbocycles. The summed E-state index contributed by atoms with van der Waals surface area (Å²) < 4.78 is 0. The van der Waals surface area contributed by atoms with E-state index in [-0.39, 0.29) is 32.4 Å². The molecule has 0 spiro atoms. The number of nitrogens with one attached hydrogen (secondary N) is 2. The summed E-state index contributed by atoms with van der Waals surface area (Å²) >= 11 is 7.16. The molecule has 2 amide bonds. The summed E-state index contributed by atoms with van der Waals surface area (Å²) in [5.41, 5.74) is 5.37. The maximum atomic E-state index is 12.8. The number of nitro groups is 1. The highest BCUT2D eigenvalue weighted by molar-refractivity contribution is 7.17. The van der Waals surface area contributed by atoms with Gasteiger partial charge >= 0.3 is 0 Å². The fourth-order valence-corrected chi connectivity index (χ4v) is 5.35. The van der Waals surface area contributed by atoms with Gasteiger partial charge in [0.05, 0.1) is 10.5 Å². The van der Waals surface area contributed by atoms with E-state index >= 15 is 0 Å². The van der Waals surface area contributed by atoms with Crippen molar-refractivity contribution >= 4 is 45.4 Å². The normalized spacial score (nSPS) is 16.7. The van der Waals surface area contributed by atoms with E-state index in [1.807, 2.05) is 27.7 Å². The maximum Gasteiger partial charge on any atom is 0.282 e. The van der Waals surface area contributed by atoms with Crippen molar-refractivity contribution in [3.63, 3.8) is 0 Å². The Kier molecular flexibility index (Phi) is 5.18. The number of hydrogen-bond acceptors (Lipinski definition) is 6. The molecule has 3 rings (SSSR count). The SMILES string of the molecule is CC1(C)Cc2c(sc(NC(=O)c3cc(Cl)ccc3[N+](=O)[O-])c2C(N)=O)C(C)(C)N1. The number of benzene rings is 1. The van der Waals surface area contributed by atoms with Gasteiger partial charge in [-0.3, -0.25) is 19.7 Å². The number of halogens is 1. The molecule has 1 aromatic carbocycles. The summed E-state index contributed by atoms with van der Waals surface area (Å²) in [7, 11) is 0. The molecular formula is C19H21ClN4O4S. The Labute approximate surface area is 176 Å². The molecule has 0 radical (unpaired) electrons. The molecule has 0 saturated heterocycles. The first-order valence-corrected chi connectivity index (χ1v) is 10.0. The molecule has 0 unspecified atom stereocenters. The van der Waals surface area contributed by atoms with Crippen molar-refractivity contribution in [1.82, 2.24) is 5.32 Å². The summed E-state index contributed by atoms with van der Waals surface area (Å²) in [6.07, 6.45) is 0.549. The van der Waals surface area contributed by atoms with Crippen LogP contribution in [0.15, 0.2) is 18.2 Å². The third kappa shape index (κ3) is 3.98. The zero-order valence-electron chi connectivity index (χ0n) is 16.4. The molecule has 0 bridgehead atoms. The number of nitrogens with zero attached hydrogens (tertiary/aromatic N) is 1. The third-order valence-electron chi connectivity index (χ3n) is 4.72. The van der Waals surface area contributed by atoms with Gasteiger partial charge in [0.15, 0.2) is 0 Å². The second kappa shape index (κ2) is 7.08. The van der Waals surface area contributed by atoms with E-state index in [0.717, 1.165) is 10.4 Å². The Morgan fingerprint density at radius 3 is 2.55 bits per heavy atom. The van der Waals surface area contributed by atoms with Crippen LogP contribution >= 0.6 is 22.9 Å². The Bertz CT molecular complexity index is 1050. The standard InChI is InChI=1S/C19H21ClN4O4S/c1-18(2)8-11-13(15(21)25)17(29-14(11)19(3,4)23-18)22-16(26)10-7-9(20)5-6-12(10)24(27)28/h5-7,23H,8H2,1-4H3,(H2,21,25)(H,22,26). The number of rotatable bonds is 4. The average molecular weight is 437 g/mol. The highest BCUT2D eigenvalue weighted by Crippen LogP contribution is 2.45. The average Bonchev–Trinajstić information content (AvgIpc) is 2.91. The molecule has 4 N–H and O–H groups in total. The number of thiophene rings is 1. The number of carbonyl (C=O) groups excluding carboxylic acids is 2. The van der Waals surface area contributed by atoms with Gasteiger partial charge in [-0.15, -0.1) is 11.3 Å². The molecule has 0 aliphatic carbocycles. The Morgan fingerprint density at radius 1 is 1.31 bits per heavy atom. The molecule has 2 heterocycles. The van der Waals surface area contributed by atoms with E-state index in [2.05, 4.69) is 10.6 Å². The van der Waals surface area contributed by atoms with Crippen LogP contribution in [-0.4, -0.2) is 22.3 Å². The Hall–Kier alpha value is -2.49. The fourth-order valence-electron chi connectivity index (χ4n) is 3.90. The summed E-state index contributed by atoms with van der Waals surface area (Å²) in [5.74, 6) is -1.39. The number of anilines is 1. The van der Waals surface area contributed by atoms with Gasteiger partial charge in [-0.25, -0.2) is 0 Å². The molecule has 1 aromatic heterocycles. The molecule has 8 nitrogen and oxygen atoms in total. The number of primary amides is 1. The molecular weight excluding hydrogens is 416 g/mol. The Morgan fingerprint density at radius 2 is 1.97 bits per heavy atom. The van der Waals surface area contributed by atoms with Crippen LogP contribution in [-0.2, 0) is 12.0 Å². The second-order valence-electron chi connectivity index (χ2n) is 8.16. The highest BCUT2D eigenvalue weighted by atomic mass is 35.5. The number of carbonyl (C=O) groups is 2. The van der Waals surface area contributed by atoms with Crippen LogP contribution in [0.1, 0.15) is 58.9 Å². The largest absolute Gasteiger partial charge is 0.365 e. The minimum Gasteiger partial charge on any atom is -0.365 e. The number of hydrogen-bond donors (Lipinski definition) is 3. The van der Waals surface area contributed by atoms with E-state index in [0.29, 0.717) is 6.42 Å². The molecule has 0 atom stereocenters. The molecule has 0 fully saturated rings. The molecule has 10 heteroatoms. The topological polar surface area (TPSA) is 127 Å². The lowest BCUT2D eigenvalue weighted by atomic mass is 9.81. The molecule has 29 heavy (non-hydrogen) atoms. The number of nitrogens with two attached hydrogens (primary N) is 1. The molecule has 2 aromatic rings. The molecule has 1 aliphatic heterocycles. The number of nitro benzene ring substituents is 1. The zero-order chi connectivity index (χ0) is 21.7. The first kappa shape index (κ1) is 21.2. The van der Waals surface area contributed by atoms with Crippen LogP contribution < -0.4 is 16.4 Å². The van der Waals surface area contributed by atoms with Crippen LogP contribution in [0.25, 0.3) is 0 Å². The van der Waals surface area contributed by atoms with Crippen molar-refractivity contribution in [3.8, 4) is 0 Å². The van der Waals surface area contributed by atoms with Crippen LogP contribution in [0.4, 0.5) is 10.7 Å². The summed E-state index contributed by atoms with van der Waals surface area (Å²) in [6, 6.07) is 3.73. The van der Waals surface area contributed by atoms with Crippen molar-refractivity contribution in [2.24, 2.45) is 5.73 Å². The molecule has 154 valence electrons. The van der Waals surface area contributed by atoms with Crippen molar-refractivity contribution in [2.75, 3.05) is 5.32 Å². The van der Waals surface area contributed by atoms with Crippen molar-refractivity contribution in [2.45, 2.75) is 45.2 Å². The van der Waals surface area contributed by atoms with Gasteiger partial charge in [0, 0.05) is 27.0 Å². The minimum absolute atomic E-state index is 0.188. The van der Waals surface area contributed by atoms with Gasteiger partial charge in [0.25, 0.3) is 17.5 Å². The van der Waals surface area contributed by atoms with E-state index in [9.17, 15) is 19.7 Å². The van der Waals surface area contributed by atoms with Crippen LogP contribution in [0, 0.1) is 10.1 Å². The fraction of sp³-hybridized carbons (Fsp3) is 0.368. The zero-order valence-corrected chi connectivity index (χ0v) is 18.0. The van der Waals surface area contributed by atoms with E-state index in [1.54, 1.807) is 0 Å². The quantitative estimate of drug-likeness (QED) is 0.495. The van der Waals surface area contributed by atoms with Gasteiger partial charge in [0.1, 0.15) is 10.6 Å². The number of amides is 2. The van der Waals surface area contributed by atoms with Gasteiger partial charge < -0.3 is 16.4 Å². The number of fused-ring (bicyclic) bond motifs is 1. The first-order valence-electron chi connectivity index (χ1n) is 8.83. The monoisotopic (exact) mass is 436 g/mol. The second-order valence-corrected chi connectivity index (χ2v) is 9.62. The van der Waals surface area contributed by atoms with Gasteiger partial charge in [-0.1, -0.05) is 11.6 Å². The van der Waals surface area contributed by atoms with Crippen molar-refractivity contribution in [1.29, 1.82) is 0 Å². The van der Waals surface area contributed by atoms with Crippen LogP contribution in [0.5, 0.6) is 0 Å². The van der Waals surface area contributed by atoms with Crippen LogP contribution in [0.2, 0.25) is 5.02 Å². The predicted octanol–water partition coefficient (Wildman–Crippen LogP) is 3.82. The van der Waals surface area contributed by atoms with Gasteiger partial charge in [-0.05, 0) is 51.8 Å². The summed E-state index contributed by atoms with van der Waals surface area (Å²) in [6.45, 7) is 8.02. The summed E-state index contributed by atoms with van der Waals surface area (Å²) in [5, 5.41) is 17.9. The van der Waals surface area contributed by atoms with E-state index in [1.165, 1.54) is 29.5 Å². The minimum atomic E-state index is -0.731.